The first-order chi connectivity index (χ1) is 18.2. The molecule has 4 rings (SSSR count). The monoisotopic (exact) mass is 760 g/mol. The summed E-state index contributed by atoms with van der Waals surface area (Å²) in [4.78, 5) is 32.6. The summed E-state index contributed by atoms with van der Waals surface area (Å²) in [6.07, 6.45) is 3.07. The Bertz CT molecular complexity index is 1590. The Hall–Kier alpha value is -2.39. The van der Waals surface area contributed by atoms with Gasteiger partial charge < -0.3 is 19.3 Å². The van der Waals surface area contributed by atoms with E-state index in [4.69, 9.17) is 19.2 Å². The van der Waals surface area contributed by atoms with Gasteiger partial charge in [-0.2, -0.15) is 0 Å². The number of carbonyl (C=O) groups is 1. The van der Waals surface area contributed by atoms with Gasteiger partial charge in [0.25, 0.3) is 5.56 Å². The molecule has 1 aromatic heterocycles. The molecule has 8 nitrogen and oxygen atoms in total. The minimum Gasteiger partial charge on any atom is -0.506 e. The Morgan fingerprint density at radius 2 is 1.87 bits per heavy atom. The van der Waals surface area contributed by atoms with Gasteiger partial charge >= 0.3 is 5.97 Å². The molecule has 38 heavy (non-hydrogen) atoms. The smallest absolute Gasteiger partial charge is 0.338 e. The summed E-state index contributed by atoms with van der Waals surface area (Å²) >= 11 is 5.38. The van der Waals surface area contributed by atoms with E-state index in [1.54, 1.807) is 45.4 Å². The number of nitrogens with zero attached hydrogens (tertiary/aromatic N) is 2. The van der Waals surface area contributed by atoms with E-state index >= 15 is 0 Å². The predicted molar refractivity (Wildman–Crippen MR) is 163 cm³/mol. The van der Waals surface area contributed by atoms with Crippen LogP contribution in [0.3, 0.4) is 0 Å². The molecule has 0 fully saturated rings. The van der Waals surface area contributed by atoms with E-state index in [1.807, 2.05) is 19.1 Å². The van der Waals surface area contributed by atoms with Crippen LogP contribution in [0, 0.1) is 7.14 Å². The van der Waals surface area contributed by atoms with E-state index in [1.165, 1.54) is 15.9 Å². The van der Waals surface area contributed by atoms with Gasteiger partial charge in [-0.15, -0.1) is 0 Å². The Balaban J connectivity index is 2.06. The number of aromatic hydroxyl groups is 1. The molecule has 1 atom stereocenters. The van der Waals surface area contributed by atoms with E-state index in [-0.39, 0.29) is 17.9 Å². The molecule has 0 aliphatic carbocycles. The Labute approximate surface area is 250 Å². The first-order valence-electron chi connectivity index (χ1n) is 11.9. The fourth-order valence-corrected chi connectivity index (χ4v) is 7.12. The summed E-state index contributed by atoms with van der Waals surface area (Å²) in [5.74, 6) is 0.755. The average molecular weight is 760 g/mol. The molecule has 0 bridgehead atoms. The number of esters is 1. The summed E-state index contributed by atoms with van der Waals surface area (Å²) < 4.78 is 20.0. The minimum absolute atomic E-state index is 0.187. The fraction of sp³-hybridized carbons (Fsp3) is 0.296. The number of phenols is 1. The molecule has 0 saturated carbocycles. The van der Waals surface area contributed by atoms with E-state index < -0.39 is 12.0 Å². The van der Waals surface area contributed by atoms with Crippen LogP contribution in [0.25, 0.3) is 6.08 Å². The van der Waals surface area contributed by atoms with Gasteiger partial charge in [0.1, 0.15) is 23.3 Å². The Kier molecular flexibility index (Phi) is 9.19. The number of carbonyl (C=O) groups excluding carboxylic acids is 1. The number of hydrogen-bond acceptors (Lipinski definition) is 8. The van der Waals surface area contributed by atoms with E-state index in [0.717, 1.165) is 12.0 Å². The van der Waals surface area contributed by atoms with E-state index in [9.17, 15) is 14.7 Å². The highest BCUT2D eigenvalue weighted by Gasteiger charge is 2.36. The molecule has 11 heteroatoms. The second kappa shape index (κ2) is 12.2. The number of halogens is 2. The average Bonchev–Trinajstić information content (AvgIpc) is 3.20. The molecule has 0 amide bonds. The molecule has 1 aliphatic rings. The lowest BCUT2D eigenvalue weighted by Gasteiger charge is -2.27. The number of aromatic nitrogens is 1. The van der Waals surface area contributed by atoms with Crippen LogP contribution in [0.1, 0.15) is 43.9 Å². The van der Waals surface area contributed by atoms with Crippen molar-refractivity contribution in [1.82, 2.24) is 4.57 Å². The SMILES string of the molecule is CCCC1=C(C(=O)OCC)[C@H](c2cc(OC)ccc2OC)n2c(s/c(=C\c3cc(I)c(O)c(I)c3)c2=O)=N1. The molecule has 2 aromatic carbocycles. The van der Waals surface area contributed by atoms with Gasteiger partial charge in [-0.3, -0.25) is 9.36 Å². The molecule has 0 radical (unpaired) electrons. The zero-order chi connectivity index (χ0) is 27.6. The second-order valence-electron chi connectivity index (χ2n) is 8.35. The molecular formula is C27H26I2N2O6S. The van der Waals surface area contributed by atoms with Crippen LogP contribution in [-0.2, 0) is 9.53 Å². The number of hydrogen-bond donors (Lipinski definition) is 1. The maximum absolute atomic E-state index is 14.0. The van der Waals surface area contributed by atoms with Gasteiger partial charge in [0, 0.05) is 5.56 Å². The third-order valence-corrected chi connectivity index (χ3v) is 8.59. The topological polar surface area (TPSA) is 99.4 Å². The van der Waals surface area contributed by atoms with Crippen molar-refractivity contribution >= 4 is 68.6 Å². The van der Waals surface area contributed by atoms with Gasteiger partial charge in [0.05, 0.1) is 43.8 Å². The van der Waals surface area contributed by atoms with E-state index in [2.05, 4.69) is 45.2 Å². The molecular weight excluding hydrogens is 734 g/mol. The highest BCUT2D eigenvalue weighted by molar-refractivity contribution is 14.1. The number of rotatable bonds is 8. The largest absolute Gasteiger partial charge is 0.506 e. The van der Waals surface area contributed by atoms with Crippen LogP contribution in [0.5, 0.6) is 17.2 Å². The summed E-state index contributed by atoms with van der Waals surface area (Å²) in [5.41, 5.74) is 1.98. The standard InChI is InChI=1S/C27H26I2N2O6S/c1-5-7-19-22(26(34)37-6-2)23(16-13-15(35-3)8-9-20(16)36-4)31-25(33)21(38-27(31)30-19)12-14-10-17(28)24(32)18(29)11-14/h8-13,23,32H,5-7H2,1-4H3/b21-12-/t23-/m0/s1. The van der Waals surface area contributed by atoms with Crippen LogP contribution >= 0.6 is 56.5 Å². The Morgan fingerprint density at radius 3 is 2.47 bits per heavy atom. The van der Waals surface area contributed by atoms with E-state index in [0.29, 0.717) is 51.2 Å². The molecule has 0 saturated heterocycles. The summed E-state index contributed by atoms with van der Waals surface area (Å²) in [7, 11) is 3.10. The van der Waals surface area contributed by atoms with Crippen molar-refractivity contribution in [3.63, 3.8) is 0 Å². The third kappa shape index (κ3) is 5.50. The van der Waals surface area contributed by atoms with Crippen LogP contribution in [0.2, 0.25) is 0 Å². The van der Waals surface area contributed by atoms with Gasteiger partial charge in [-0.1, -0.05) is 24.7 Å². The molecule has 1 N–H and O–H groups in total. The maximum Gasteiger partial charge on any atom is 0.338 e. The third-order valence-electron chi connectivity index (χ3n) is 5.96. The predicted octanol–water partition coefficient (Wildman–Crippen LogP) is 4.51. The zero-order valence-corrected chi connectivity index (χ0v) is 26.3. The number of fused-ring (bicyclic) bond motifs is 1. The highest BCUT2D eigenvalue weighted by atomic mass is 127. The van der Waals surface area contributed by atoms with Gasteiger partial charge in [0.2, 0.25) is 0 Å². The maximum atomic E-state index is 14.0. The van der Waals surface area contributed by atoms with Gasteiger partial charge in [0.15, 0.2) is 4.80 Å². The number of phenolic OH excluding ortho intramolecular Hbond substituents is 1. The van der Waals surface area contributed by atoms with Crippen molar-refractivity contribution in [2.24, 2.45) is 4.99 Å². The molecule has 200 valence electrons. The minimum atomic E-state index is -0.820. The number of methoxy groups -OCH3 is 2. The molecule has 2 heterocycles. The quantitative estimate of drug-likeness (QED) is 0.268. The lowest BCUT2D eigenvalue weighted by molar-refractivity contribution is -0.139. The van der Waals surface area contributed by atoms with Crippen LogP contribution < -0.4 is 24.4 Å². The van der Waals surface area contributed by atoms with Gasteiger partial charge in [-0.25, -0.2) is 9.79 Å². The van der Waals surface area contributed by atoms with Crippen molar-refractivity contribution in [3.8, 4) is 17.2 Å². The van der Waals surface area contributed by atoms with Crippen molar-refractivity contribution in [2.45, 2.75) is 32.7 Å². The van der Waals surface area contributed by atoms with Crippen LogP contribution in [-0.4, -0.2) is 36.5 Å². The zero-order valence-electron chi connectivity index (χ0n) is 21.2. The van der Waals surface area contributed by atoms with Crippen molar-refractivity contribution < 1.29 is 24.1 Å². The van der Waals surface area contributed by atoms with Crippen LogP contribution in [0.4, 0.5) is 0 Å². The number of thiazole rings is 1. The first-order valence-corrected chi connectivity index (χ1v) is 14.8. The lowest BCUT2D eigenvalue weighted by atomic mass is 9.93. The van der Waals surface area contributed by atoms with Crippen molar-refractivity contribution in [1.29, 1.82) is 0 Å². The lowest BCUT2D eigenvalue weighted by Crippen LogP contribution is -2.40. The number of ether oxygens (including phenoxy) is 3. The summed E-state index contributed by atoms with van der Waals surface area (Å²) in [6.45, 7) is 3.94. The van der Waals surface area contributed by atoms with Crippen LogP contribution in [0.15, 0.2) is 51.4 Å². The summed E-state index contributed by atoms with van der Waals surface area (Å²) in [5, 5.41) is 10.2. The fourth-order valence-electron chi connectivity index (χ4n) is 4.29. The highest BCUT2D eigenvalue weighted by Crippen LogP contribution is 2.38. The Morgan fingerprint density at radius 1 is 1.16 bits per heavy atom. The first kappa shape index (κ1) is 28.6. The molecule has 0 unspecified atom stereocenters. The summed E-state index contributed by atoms with van der Waals surface area (Å²) in [6, 6.07) is 8.10. The number of allylic oxidation sites excluding steroid dienone is 1. The van der Waals surface area contributed by atoms with Crippen molar-refractivity contribution in [2.75, 3.05) is 20.8 Å². The molecule has 1 aliphatic heterocycles. The van der Waals surface area contributed by atoms with Gasteiger partial charge in [-0.05, 0) is 100 Å². The molecule has 3 aromatic rings. The number of benzene rings is 2. The second-order valence-corrected chi connectivity index (χ2v) is 11.7. The molecule has 0 spiro atoms. The van der Waals surface area contributed by atoms with Crippen molar-refractivity contribution in [3.05, 3.63) is 79.6 Å². The normalized spacial score (nSPS) is 15.2.